The van der Waals surface area contributed by atoms with E-state index in [4.69, 9.17) is 7.98 Å². The van der Waals surface area contributed by atoms with Crippen molar-refractivity contribution in [2.45, 2.75) is 38.4 Å². The Labute approximate surface area is 70.0 Å². The standard InChI is InChI=1S/C8H15BN2/c1-6(2)10-4-7-3-8(5-10)11(7)9/h6-8H,3-5H2,1-2H3. The monoisotopic (exact) mass is 150 g/mol. The average molecular weight is 150 g/mol. The van der Waals surface area contributed by atoms with Gasteiger partial charge in [0.1, 0.15) is 0 Å². The zero-order valence-electron chi connectivity index (χ0n) is 7.33. The van der Waals surface area contributed by atoms with Crippen molar-refractivity contribution in [3.63, 3.8) is 0 Å². The molecule has 2 atom stereocenters. The van der Waals surface area contributed by atoms with Gasteiger partial charge in [0, 0.05) is 31.2 Å². The first-order valence-corrected chi connectivity index (χ1v) is 4.45. The molecular formula is C8H15BN2. The molecule has 0 saturated carbocycles. The molecule has 60 valence electrons. The van der Waals surface area contributed by atoms with E-state index in [1.54, 1.807) is 0 Å². The van der Waals surface area contributed by atoms with Crippen LogP contribution in [0.4, 0.5) is 0 Å². The van der Waals surface area contributed by atoms with Gasteiger partial charge in [-0.2, -0.15) is 0 Å². The van der Waals surface area contributed by atoms with E-state index in [-0.39, 0.29) is 0 Å². The van der Waals surface area contributed by atoms with E-state index in [0.717, 1.165) is 0 Å². The highest BCUT2D eigenvalue weighted by Crippen LogP contribution is 2.30. The second-order valence-corrected chi connectivity index (χ2v) is 4.04. The van der Waals surface area contributed by atoms with Gasteiger partial charge in [0.15, 0.2) is 7.98 Å². The van der Waals surface area contributed by atoms with E-state index in [2.05, 4.69) is 18.7 Å². The van der Waals surface area contributed by atoms with Crippen LogP contribution in [0.5, 0.6) is 0 Å². The summed E-state index contributed by atoms with van der Waals surface area (Å²) in [6.45, 7) is 6.85. The van der Waals surface area contributed by atoms with Crippen LogP contribution < -0.4 is 0 Å². The quantitative estimate of drug-likeness (QED) is 0.494. The maximum Gasteiger partial charge on any atom is 0.183 e. The highest BCUT2D eigenvalue weighted by atomic mass is 15.3. The summed E-state index contributed by atoms with van der Waals surface area (Å²) in [4.78, 5) is 4.54. The molecular weight excluding hydrogens is 135 g/mol. The number of fused-ring (bicyclic) bond motifs is 2. The number of rotatable bonds is 1. The van der Waals surface area contributed by atoms with Gasteiger partial charge in [0.05, 0.1) is 0 Å². The van der Waals surface area contributed by atoms with E-state index in [1.807, 2.05) is 4.81 Å². The molecule has 3 saturated heterocycles. The molecule has 0 amide bonds. The molecule has 0 N–H and O–H groups in total. The molecule has 2 nitrogen and oxygen atoms in total. The number of nitrogens with zero attached hydrogens (tertiary/aromatic N) is 2. The molecule has 2 unspecified atom stereocenters. The lowest BCUT2D eigenvalue weighted by molar-refractivity contribution is -0.0196. The van der Waals surface area contributed by atoms with Crippen LogP contribution in [0.25, 0.3) is 0 Å². The van der Waals surface area contributed by atoms with Gasteiger partial charge >= 0.3 is 0 Å². The van der Waals surface area contributed by atoms with Crippen molar-refractivity contribution in [2.24, 2.45) is 0 Å². The molecule has 0 aliphatic carbocycles. The van der Waals surface area contributed by atoms with Crippen LogP contribution in [-0.2, 0) is 0 Å². The Morgan fingerprint density at radius 3 is 2.18 bits per heavy atom. The molecule has 0 aromatic heterocycles. The summed E-state index contributed by atoms with van der Waals surface area (Å²) in [6.07, 6.45) is 1.32. The van der Waals surface area contributed by atoms with Crippen LogP contribution >= 0.6 is 0 Å². The minimum Gasteiger partial charge on any atom is -0.346 e. The summed E-state index contributed by atoms with van der Waals surface area (Å²) in [5.41, 5.74) is 0. The minimum absolute atomic E-state index is 0.649. The molecule has 2 bridgehead atoms. The highest BCUT2D eigenvalue weighted by molar-refractivity contribution is 6.05. The van der Waals surface area contributed by atoms with Gasteiger partial charge in [0.2, 0.25) is 0 Å². The smallest absolute Gasteiger partial charge is 0.183 e. The molecule has 3 rings (SSSR count). The summed E-state index contributed by atoms with van der Waals surface area (Å²) < 4.78 is 0. The van der Waals surface area contributed by atoms with E-state index in [0.29, 0.717) is 18.1 Å². The minimum atomic E-state index is 0.649. The first-order chi connectivity index (χ1) is 5.18. The predicted molar refractivity (Wildman–Crippen MR) is 46.5 cm³/mol. The van der Waals surface area contributed by atoms with Gasteiger partial charge in [-0.05, 0) is 20.3 Å². The van der Waals surface area contributed by atoms with E-state index >= 15 is 0 Å². The molecule has 3 heteroatoms. The fourth-order valence-electron chi connectivity index (χ4n) is 2.09. The van der Waals surface area contributed by atoms with Crippen molar-refractivity contribution < 1.29 is 0 Å². The van der Waals surface area contributed by atoms with E-state index < -0.39 is 0 Å². The molecule has 0 aromatic carbocycles. The maximum atomic E-state index is 5.80. The Bertz CT molecular complexity index is 148. The predicted octanol–water partition coefficient (Wildman–Crippen LogP) is 0.237. The Kier molecular flexibility index (Phi) is 1.73. The van der Waals surface area contributed by atoms with Crippen LogP contribution in [0.15, 0.2) is 0 Å². The van der Waals surface area contributed by atoms with Gasteiger partial charge in [0.25, 0.3) is 0 Å². The zero-order valence-corrected chi connectivity index (χ0v) is 7.33. The maximum absolute atomic E-state index is 5.80. The Morgan fingerprint density at radius 1 is 1.27 bits per heavy atom. The first kappa shape index (κ1) is 7.62. The molecule has 0 aromatic rings. The third-order valence-corrected chi connectivity index (χ3v) is 3.01. The number of hydrogen-bond acceptors (Lipinski definition) is 2. The topological polar surface area (TPSA) is 6.48 Å². The highest BCUT2D eigenvalue weighted by Gasteiger charge is 2.41. The lowest BCUT2D eigenvalue weighted by atomic mass is 9.83. The van der Waals surface area contributed by atoms with E-state index in [9.17, 15) is 0 Å². The van der Waals surface area contributed by atoms with Crippen LogP contribution in [0.2, 0.25) is 0 Å². The van der Waals surface area contributed by atoms with Gasteiger partial charge in [-0.1, -0.05) is 0 Å². The molecule has 0 spiro atoms. The van der Waals surface area contributed by atoms with Crippen molar-refractivity contribution in [1.29, 1.82) is 0 Å². The third kappa shape index (κ3) is 1.11. The normalized spacial score (nSPS) is 39.2. The summed E-state index contributed by atoms with van der Waals surface area (Å²) in [6, 6.07) is 1.99. The van der Waals surface area contributed by atoms with E-state index in [1.165, 1.54) is 19.5 Å². The largest absolute Gasteiger partial charge is 0.346 e. The van der Waals surface area contributed by atoms with Crippen molar-refractivity contribution in [1.82, 2.24) is 9.71 Å². The number of hydrogen-bond donors (Lipinski definition) is 0. The van der Waals surface area contributed by atoms with Gasteiger partial charge in [-0.15, -0.1) is 0 Å². The Balaban J connectivity index is 1.94. The first-order valence-electron chi connectivity index (χ1n) is 4.45. The summed E-state index contributed by atoms with van der Waals surface area (Å²) in [5.74, 6) is 0. The second kappa shape index (κ2) is 2.49. The van der Waals surface area contributed by atoms with Crippen LogP contribution in [-0.4, -0.2) is 48.9 Å². The fourth-order valence-corrected chi connectivity index (χ4v) is 2.09. The van der Waals surface area contributed by atoms with Crippen LogP contribution in [0, 0.1) is 0 Å². The summed E-state index contributed by atoms with van der Waals surface area (Å²) >= 11 is 0. The molecule has 2 radical (unpaired) electrons. The molecule has 3 aliphatic rings. The SMILES string of the molecule is [B]N1C2CC1CN(C(C)C)C2. The lowest BCUT2D eigenvalue weighted by Gasteiger charge is -2.56. The van der Waals surface area contributed by atoms with Crippen molar-refractivity contribution in [3.05, 3.63) is 0 Å². The molecule has 11 heavy (non-hydrogen) atoms. The van der Waals surface area contributed by atoms with Crippen molar-refractivity contribution in [2.75, 3.05) is 13.1 Å². The summed E-state index contributed by atoms with van der Waals surface area (Å²) in [7, 11) is 5.80. The van der Waals surface area contributed by atoms with Gasteiger partial charge < -0.3 is 4.81 Å². The molecule has 3 fully saturated rings. The fraction of sp³-hybridized carbons (Fsp3) is 1.00. The van der Waals surface area contributed by atoms with Crippen molar-refractivity contribution >= 4 is 7.98 Å². The summed E-state index contributed by atoms with van der Waals surface area (Å²) in [5, 5.41) is 0. The number of piperazine rings is 1. The molecule has 3 heterocycles. The Morgan fingerprint density at radius 2 is 1.82 bits per heavy atom. The molecule has 3 aliphatic heterocycles. The Hall–Kier alpha value is -0.0151. The van der Waals surface area contributed by atoms with Crippen LogP contribution in [0.1, 0.15) is 20.3 Å². The number of piperidine rings is 1. The van der Waals surface area contributed by atoms with Gasteiger partial charge in [-0.3, -0.25) is 4.90 Å². The van der Waals surface area contributed by atoms with Crippen molar-refractivity contribution in [3.8, 4) is 0 Å². The zero-order chi connectivity index (χ0) is 8.01. The second-order valence-electron chi connectivity index (χ2n) is 4.04. The van der Waals surface area contributed by atoms with Gasteiger partial charge in [-0.25, -0.2) is 0 Å². The van der Waals surface area contributed by atoms with Crippen LogP contribution in [0.3, 0.4) is 0 Å². The lowest BCUT2D eigenvalue weighted by Crippen LogP contribution is -2.68. The third-order valence-electron chi connectivity index (χ3n) is 3.01. The average Bonchev–Trinajstić information content (AvgIpc) is 2.03.